The Kier molecular flexibility index (Phi) is 4.27. The fraction of sp³-hybridized carbons (Fsp3) is 0.143. The van der Waals surface area contributed by atoms with E-state index in [1.54, 1.807) is 7.11 Å². The predicted octanol–water partition coefficient (Wildman–Crippen LogP) is 4.70. The third-order valence-electron chi connectivity index (χ3n) is 4.20. The number of aromatic nitrogens is 3. The first-order valence-corrected chi connectivity index (χ1v) is 8.51. The van der Waals surface area contributed by atoms with Crippen LogP contribution in [0.3, 0.4) is 0 Å². The van der Waals surface area contributed by atoms with Gasteiger partial charge in [-0.25, -0.2) is 9.97 Å². The minimum Gasteiger partial charge on any atom is -0.497 e. The van der Waals surface area contributed by atoms with E-state index in [9.17, 15) is 0 Å². The zero-order chi connectivity index (χ0) is 17.9. The van der Waals surface area contributed by atoms with E-state index in [-0.39, 0.29) is 0 Å². The number of nitrogens with one attached hydrogen (secondary N) is 1. The maximum Gasteiger partial charge on any atom is 0.162 e. The summed E-state index contributed by atoms with van der Waals surface area (Å²) in [7, 11) is 1.66. The average Bonchev–Trinajstić information content (AvgIpc) is 3.17. The molecule has 0 atom stereocenters. The molecule has 2 aromatic heterocycles. The van der Waals surface area contributed by atoms with E-state index in [1.807, 2.05) is 67.7 Å². The molecule has 2 heterocycles. The van der Waals surface area contributed by atoms with Gasteiger partial charge in [0.05, 0.1) is 19.4 Å². The molecular weight excluding hydrogens is 326 g/mol. The van der Waals surface area contributed by atoms with Crippen molar-refractivity contribution >= 4 is 11.0 Å². The van der Waals surface area contributed by atoms with Gasteiger partial charge in [0, 0.05) is 22.7 Å². The van der Waals surface area contributed by atoms with Gasteiger partial charge in [-0.1, -0.05) is 0 Å². The van der Waals surface area contributed by atoms with E-state index in [0.29, 0.717) is 12.4 Å². The van der Waals surface area contributed by atoms with Crippen LogP contribution >= 0.6 is 0 Å². The molecule has 0 saturated carbocycles. The number of H-pyrrole nitrogens is 1. The largest absolute Gasteiger partial charge is 0.497 e. The first kappa shape index (κ1) is 16.1. The van der Waals surface area contributed by atoms with Crippen molar-refractivity contribution in [1.82, 2.24) is 15.0 Å². The van der Waals surface area contributed by atoms with Gasteiger partial charge >= 0.3 is 0 Å². The Labute approximate surface area is 151 Å². The van der Waals surface area contributed by atoms with E-state index >= 15 is 0 Å². The Bertz CT molecular complexity index is 1020. The van der Waals surface area contributed by atoms with Crippen LogP contribution in [0, 0.1) is 0 Å². The summed E-state index contributed by atoms with van der Waals surface area (Å²) in [4.78, 5) is 12.7. The predicted molar refractivity (Wildman–Crippen MR) is 102 cm³/mol. The average molecular weight is 345 g/mol. The highest BCUT2D eigenvalue weighted by Gasteiger charge is 2.12. The van der Waals surface area contributed by atoms with Crippen LogP contribution in [0.4, 0.5) is 0 Å². The van der Waals surface area contributed by atoms with Crippen molar-refractivity contribution in [3.63, 3.8) is 0 Å². The number of nitrogens with zero attached hydrogens (tertiary/aromatic N) is 2. The summed E-state index contributed by atoms with van der Waals surface area (Å²) >= 11 is 0. The molecule has 1 N–H and O–H groups in total. The minimum absolute atomic E-state index is 0.645. The molecule has 0 spiro atoms. The Morgan fingerprint density at radius 3 is 2.23 bits per heavy atom. The number of benzene rings is 2. The Hall–Kier alpha value is -3.34. The number of rotatable bonds is 5. The van der Waals surface area contributed by atoms with Crippen LogP contribution in [0.2, 0.25) is 0 Å². The van der Waals surface area contributed by atoms with Gasteiger partial charge in [0.15, 0.2) is 5.82 Å². The fourth-order valence-corrected chi connectivity index (χ4v) is 2.91. The Morgan fingerprint density at radius 2 is 1.54 bits per heavy atom. The highest BCUT2D eigenvalue weighted by Crippen LogP contribution is 2.30. The van der Waals surface area contributed by atoms with Gasteiger partial charge in [0.1, 0.15) is 17.1 Å². The number of hydrogen-bond donors (Lipinski definition) is 1. The van der Waals surface area contributed by atoms with Gasteiger partial charge in [-0.15, -0.1) is 0 Å². The molecule has 130 valence electrons. The van der Waals surface area contributed by atoms with Crippen molar-refractivity contribution in [2.24, 2.45) is 0 Å². The van der Waals surface area contributed by atoms with E-state index in [0.717, 1.165) is 39.4 Å². The molecule has 0 radical (unpaired) electrons. The van der Waals surface area contributed by atoms with Crippen molar-refractivity contribution < 1.29 is 9.47 Å². The number of aromatic amines is 1. The molecule has 5 heteroatoms. The molecule has 2 aromatic carbocycles. The maximum absolute atomic E-state index is 5.51. The fourth-order valence-electron chi connectivity index (χ4n) is 2.91. The van der Waals surface area contributed by atoms with Crippen molar-refractivity contribution in [3.05, 3.63) is 60.8 Å². The molecule has 0 aliphatic heterocycles. The van der Waals surface area contributed by atoms with Gasteiger partial charge in [-0.05, 0) is 61.5 Å². The molecule has 0 saturated heterocycles. The zero-order valence-corrected chi connectivity index (χ0v) is 14.7. The van der Waals surface area contributed by atoms with Crippen molar-refractivity contribution in [1.29, 1.82) is 0 Å². The SMILES string of the molecule is CCOc1ccc(-c2nc(-c3ccc(OC)cc3)c3cc[nH]c3n2)cc1. The van der Waals surface area contributed by atoms with Crippen molar-refractivity contribution in [3.8, 4) is 34.1 Å². The number of hydrogen-bond acceptors (Lipinski definition) is 4. The van der Waals surface area contributed by atoms with E-state index in [2.05, 4.69) is 9.97 Å². The summed E-state index contributed by atoms with van der Waals surface area (Å²) in [5, 5.41) is 0.991. The quantitative estimate of drug-likeness (QED) is 0.569. The van der Waals surface area contributed by atoms with Gasteiger partial charge in [0.25, 0.3) is 0 Å². The summed E-state index contributed by atoms with van der Waals surface area (Å²) < 4.78 is 10.8. The summed E-state index contributed by atoms with van der Waals surface area (Å²) in [6.07, 6.45) is 1.88. The topological polar surface area (TPSA) is 60.0 Å². The van der Waals surface area contributed by atoms with Crippen LogP contribution in [0.15, 0.2) is 60.8 Å². The van der Waals surface area contributed by atoms with Crippen molar-refractivity contribution in [2.45, 2.75) is 6.92 Å². The molecule has 4 rings (SSSR count). The van der Waals surface area contributed by atoms with Gasteiger partial charge < -0.3 is 14.5 Å². The lowest BCUT2D eigenvalue weighted by molar-refractivity contribution is 0.340. The normalized spacial score (nSPS) is 10.8. The lowest BCUT2D eigenvalue weighted by atomic mass is 10.1. The molecule has 0 amide bonds. The number of fused-ring (bicyclic) bond motifs is 1. The third kappa shape index (κ3) is 2.99. The molecule has 4 aromatic rings. The van der Waals surface area contributed by atoms with Crippen LogP contribution in [0.5, 0.6) is 11.5 Å². The van der Waals surface area contributed by atoms with E-state index < -0.39 is 0 Å². The van der Waals surface area contributed by atoms with Crippen LogP contribution < -0.4 is 9.47 Å². The highest BCUT2D eigenvalue weighted by molar-refractivity contribution is 5.92. The van der Waals surface area contributed by atoms with E-state index in [4.69, 9.17) is 14.5 Å². The first-order valence-electron chi connectivity index (χ1n) is 8.51. The van der Waals surface area contributed by atoms with E-state index in [1.165, 1.54) is 0 Å². The smallest absolute Gasteiger partial charge is 0.162 e. The maximum atomic E-state index is 5.51. The second-order valence-electron chi connectivity index (χ2n) is 5.82. The molecule has 26 heavy (non-hydrogen) atoms. The molecule has 5 nitrogen and oxygen atoms in total. The molecule has 0 aliphatic carbocycles. The van der Waals surface area contributed by atoms with Crippen LogP contribution in [-0.4, -0.2) is 28.7 Å². The number of methoxy groups -OCH3 is 1. The summed E-state index contributed by atoms with van der Waals surface area (Å²) in [6.45, 7) is 2.61. The van der Waals surface area contributed by atoms with Crippen molar-refractivity contribution in [2.75, 3.05) is 13.7 Å². The molecule has 0 fully saturated rings. The van der Waals surface area contributed by atoms with Crippen LogP contribution in [-0.2, 0) is 0 Å². The summed E-state index contributed by atoms with van der Waals surface area (Å²) in [6, 6.07) is 17.7. The molecule has 0 unspecified atom stereocenters. The Morgan fingerprint density at radius 1 is 0.846 bits per heavy atom. The van der Waals surface area contributed by atoms with Crippen LogP contribution in [0.25, 0.3) is 33.7 Å². The zero-order valence-electron chi connectivity index (χ0n) is 14.7. The van der Waals surface area contributed by atoms with Gasteiger partial charge in [-0.3, -0.25) is 0 Å². The summed E-state index contributed by atoms with van der Waals surface area (Å²) in [5.74, 6) is 2.33. The minimum atomic E-state index is 0.645. The van der Waals surface area contributed by atoms with Crippen LogP contribution in [0.1, 0.15) is 6.92 Å². The van der Waals surface area contributed by atoms with Gasteiger partial charge in [-0.2, -0.15) is 0 Å². The van der Waals surface area contributed by atoms with Gasteiger partial charge in [0.2, 0.25) is 0 Å². The lowest BCUT2D eigenvalue weighted by Crippen LogP contribution is -1.95. The third-order valence-corrected chi connectivity index (χ3v) is 4.20. The Balaban J connectivity index is 1.81. The number of ether oxygens (including phenoxy) is 2. The standard InChI is InChI=1S/C21H19N3O2/c1-3-26-17-10-6-15(7-11-17)20-23-19(18-12-13-22-21(18)24-20)14-4-8-16(25-2)9-5-14/h4-13H,3H2,1-2H3,(H,22,23,24). The molecule has 0 bridgehead atoms. The lowest BCUT2D eigenvalue weighted by Gasteiger charge is -2.08. The second-order valence-corrected chi connectivity index (χ2v) is 5.82. The molecule has 0 aliphatic rings. The second kappa shape index (κ2) is 6.88. The first-order chi connectivity index (χ1) is 12.8. The monoisotopic (exact) mass is 345 g/mol. The summed E-state index contributed by atoms with van der Waals surface area (Å²) in [5.41, 5.74) is 3.67. The highest BCUT2D eigenvalue weighted by atomic mass is 16.5. The molecular formula is C21H19N3O2.